The predicted molar refractivity (Wildman–Crippen MR) is 75.2 cm³/mol. The van der Waals surface area contributed by atoms with Gasteiger partial charge in [-0.1, -0.05) is 13.0 Å². The molecule has 2 atom stereocenters. The molecule has 0 aromatic heterocycles. The maximum absolute atomic E-state index is 5.32. The van der Waals surface area contributed by atoms with Gasteiger partial charge in [-0.15, -0.1) is 0 Å². The van der Waals surface area contributed by atoms with E-state index in [1.165, 1.54) is 17.5 Å². The van der Waals surface area contributed by atoms with E-state index in [0.29, 0.717) is 12.1 Å². The monoisotopic (exact) mass is 248 g/mol. The second-order valence-corrected chi connectivity index (χ2v) is 5.17. The van der Waals surface area contributed by atoms with Crippen molar-refractivity contribution in [3.05, 3.63) is 29.3 Å². The minimum absolute atomic E-state index is 0.430. The molecule has 2 unspecified atom stereocenters. The number of methoxy groups -OCH3 is 1. The Hall–Kier alpha value is -1.06. The second-order valence-electron chi connectivity index (χ2n) is 5.17. The van der Waals surface area contributed by atoms with Crippen molar-refractivity contribution in [2.24, 2.45) is 0 Å². The van der Waals surface area contributed by atoms with E-state index in [0.717, 1.165) is 18.7 Å². The molecule has 3 heteroatoms. The second kappa shape index (κ2) is 5.72. The first-order chi connectivity index (χ1) is 8.67. The van der Waals surface area contributed by atoms with Crippen LogP contribution in [0.5, 0.6) is 5.75 Å². The van der Waals surface area contributed by atoms with Crippen LogP contribution in [0.3, 0.4) is 0 Å². The summed E-state index contributed by atoms with van der Waals surface area (Å²) in [4.78, 5) is 2.33. The highest BCUT2D eigenvalue weighted by molar-refractivity contribution is 5.40. The largest absolute Gasteiger partial charge is 0.497 e. The molecule has 0 bridgehead atoms. The zero-order chi connectivity index (χ0) is 13.1. The lowest BCUT2D eigenvalue weighted by Gasteiger charge is -2.38. The molecule has 1 aliphatic rings. The lowest BCUT2D eigenvalue weighted by atomic mass is 9.83. The summed E-state index contributed by atoms with van der Waals surface area (Å²) < 4.78 is 5.32. The van der Waals surface area contributed by atoms with Gasteiger partial charge < -0.3 is 15.0 Å². The molecule has 1 aromatic carbocycles. The first kappa shape index (κ1) is 13.4. The zero-order valence-corrected chi connectivity index (χ0v) is 11.9. The SMILES string of the molecule is CCNC1c2ccc(OC)cc2CCC1N(C)C. The lowest BCUT2D eigenvalue weighted by molar-refractivity contribution is 0.207. The molecule has 0 radical (unpaired) electrons. The van der Waals surface area contributed by atoms with Crippen LogP contribution < -0.4 is 10.1 Å². The molecule has 1 N–H and O–H groups in total. The molecule has 3 nitrogen and oxygen atoms in total. The molecule has 1 aliphatic carbocycles. The van der Waals surface area contributed by atoms with E-state index in [-0.39, 0.29) is 0 Å². The van der Waals surface area contributed by atoms with Gasteiger partial charge in [-0.3, -0.25) is 0 Å². The first-order valence-electron chi connectivity index (χ1n) is 6.74. The summed E-state index contributed by atoms with van der Waals surface area (Å²) in [6.07, 6.45) is 2.34. The van der Waals surface area contributed by atoms with Crippen molar-refractivity contribution in [3.8, 4) is 5.75 Å². The highest BCUT2D eigenvalue weighted by atomic mass is 16.5. The van der Waals surface area contributed by atoms with Crippen molar-refractivity contribution in [1.82, 2.24) is 10.2 Å². The molecular weight excluding hydrogens is 224 g/mol. The van der Waals surface area contributed by atoms with Crippen LogP contribution in [0.25, 0.3) is 0 Å². The summed E-state index contributed by atoms with van der Waals surface area (Å²) in [6, 6.07) is 7.48. The number of likely N-dealkylation sites (N-methyl/N-ethyl adjacent to an activating group) is 2. The van der Waals surface area contributed by atoms with Crippen LogP contribution >= 0.6 is 0 Å². The quantitative estimate of drug-likeness (QED) is 0.884. The Balaban J connectivity index is 2.33. The molecular formula is C15H24N2O. The minimum atomic E-state index is 0.430. The molecule has 2 rings (SSSR count). The van der Waals surface area contributed by atoms with E-state index in [2.05, 4.69) is 49.4 Å². The standard InChI is InChI=1S/C15H24N2O/c1-5-16-15-13-8-7-12(18-4)10-11(13)6-9-14(15)17(2)3/h7-8,10,14-16H,5-6,9H2,1-4H3. The number of benzene rings is 1. The van der Waals surface area contributed by atoms with Gasteiger partial charge in [0, 0.05) is 12.1 Å². The Morgan fingerprint density at radius 1 is 1.39 bits per heavy atom. The first-order valence-corrected chi connectivity index (χ1v) is 6.74. The smallest absolute Gasteiger partial charge is 0.119 e. The Morgan fingerprint density at radius 2 is 2.17 bits per heavy atom. The number of hydrogen-bond acceptors (Lipinski definition) is 3. The van der Waals surface area contributed by atoms with Gasteiger partial charge in [-0.05, 0) is 56.7 Å². The number of nitrogens with zero attached hydrogens (tertiary/aromatic N) is 1. The normalized spacial score (nSPS) is 22.9. The predicted octanol–water partition coefficient (Wildman–Crippen LogP) is 2.22. The fourth-order valence-corrected chi connectivity index (χ4v) is 2.93. The number of rotatable bonds is 4. The number of fused-ring (bicyclic) bond motifs is 1. The van der Waals surface area contributed by atoms with Gasteiger partial charge in [0.25, 0.3) is 0 Å². The summed E-state index contributed by atoms with van der Waals surface area (Å²) in [7, 11) is 6.07. The fraction of sp³-hybridized carbons (Fsp3) is 0.600. The molecule has 0 heterocycles. The van der Waals surface area contributed by atoms with Crippen LogP contribution in [-0.2, 0) is 6.42 Å². The van der Waals surface area contributed by atoms with Crippen LogP contribution in [0.1, 0.15) is 30.5 Å². The van der Waals surface area contributed by atoms with Crippen LogP contribution in [0.2, 0.25) is 0 Å². The Labute approximate surface area is 110 Å². The molecule has 0 aliphatic heterocycles. The highest BCUT2D eigenvalue weighted by Gasteiger charge is 2.30. The van der Waals surface area contributed by atoms with Crippen molar-refractivity contribution in [2.75, 3.05) is 27.7 Å². The van der Waals surface area contributed by atoms with E-state index in [9.17, 15) is 0 Å². The zero-order valence-electron chi connectivity index (χ0n) is 11.9. The van der Waals surface area contributed by atoms with Gasteiger partial charge in [0.05, 0.1) is 7.11 Å². The fourth-order valence-electron chi connectivity index (χ4n) is 2.93. The van der Waals surface area contributed by atoms with Crippen LogP contribution in [0.4, 0.5) is 0 Å². The van der Waals surface area contributed by atoms with Crippen LogP contribution in [0, 0.1) is 0 Å². The summed E-state index contributed by atoms with van der Waals surface area (Å²) in [6.45, 7) is 3.17. The molecule has 1 aromatic rings. The Bertz CT molecular complexity index is 403. The average Bonchev–Trinajstić information content (AvgIpc) is 2.38. The van der Waals surface area contributed by atoms with E-state index in [1.807, 2.05) is 0 Å². The van der Waals surface area contributed by atoms with E-state index in [4.69, 9.17) is 4.74 Å². The highest BCUT2D eigenvalue weighted by Crippen LogP contribution is 2.34. The Kier molecular flexibility index (Phi) is 4.25. The number of hydrogen-bond donors (Lipinski definition) is 1. The third-order valence-corrected chi connectivity index (χ3v) is 3.87. The van der Waals surface area contributed by atoms with Crippen molar-refractivity contribution in [2.45, 2.75) is 31.8 Å². The molecule has 0 saturated carbocycles. The van der Waals surface area contributed by atoms with Gasteiger partial charge in [0.1, 0.15) is 5.75 Å². The third kappa shape index (κ3) is 2.52. The van der Waals surface area contributed by atoms with Gasteiger partial charge in [-0.25, -0.2) is 0 Å². The molecule has 18 heavy (non-hydrogen) atoms. The maximum Gasteiger partial charge on any atom is 0.119 e. The van der Waals surface area contributed by atoms with Crippen LogP contribution in [0.15, 0.2) is 18.2 Å². The van der Waals surface area contributed by atoms with Crippen molar-refractivity contribution in [3.63, 3.8) is 0 Å². The Morgan fingerprint density at radius 3 is 2.78 bits per heavy atom. The summed E-state index contributed by atoms with van der Waals surface area (Å²) in [5.41, 5.74) is 2.86. The maximum atomic E-state index is 5.32. The molecule has 0 amide bonds. The molecule has 0 spiro atoms. The topological polar surface area (TPSA) is 24.5 Å². The number of aryl methyl sites for hydroxylation is 1. The summed E-state index contributed by atoms with van der Waals surface area (Å²) >= 11 is 0. The van der Waals surface area contributed by atoms with Gasteiger partial charge in [0.2, 0.25) is 0 Å². The minimum Gasteiger partial charge on any atom is -0.497 e. The van der Waals surface area contributed by atoms with Crippen molar-refractivity contribution in [1.29, 1.82) is 0 Å². The third-order valence-electron chi connectivity index (χ3n) is 3.87. The molecule has 0 saturated heterocycles. The van der Waals surface area contributed by atoms with E-state index >= 15 is 0 Å². The summed E-state index contributed by atoms with van der Waals surface area (Å²) in [5.74, 6) is 0.965. The average molecular weight is 248 g/mol. The van der Waals surface area contributed by atoms with Gasteiger partial charge in [-0.2, -0.15) is 0 Å². The molecule has 100 valence electrons. The van der Waals surface area contributed by atoms with E-state index < -0.39 is 0 Å². The number of ether oxygens (including phenoxy) is 1. The van der Waals surface area contributed by atoms with Gasteiger partial charge >= 0.3 is 0 Å². The molecule has 0 fully saturated rings. The van der Waals surface area contributed by atoms with Gasteiger partial charge in [0.15, 0.2) is 0 Å². The van der Waals surface area contributed by atoms with Crippen LogP contribution in [-0.4, -0.2) is 38.7 Å². The van der Waals surface area contributed by atoms with Crippen molar-refractivity contribution < 1.29 is 4.74 Å². The lowest BCUT2D eigenvalue weighted by Crippen LogP contribution is -2.44. The van der Waals surface area contributed by atoms with E-state index in [1.54, 1.807) is 7.11 Å². The van der Waals surface area contributed by atoms with Crippen molar-refractivity contribution >= 4 is 0 Å². The summed E-state index contributed by atoms with van der Waals surface area (Å²) in [5, 5.41) is 3.63. The number of nitrogens with one attached hydrogen (secondary N) is 1.